The zero-order valence-corrected chi connectivity index (χ0v) is 17.8. The number of hydrogen-bond acceptors (Lipinski definition) is 6. The second-order valence-electron chi connectivity index (χ2n) is 6.30. The van der Waals surface area contributed by atoms with E-state index in [-0.39, 0.29) is 26.5 Å². The van der Waals surface area contributed by atoms with E-state index in [1.165, 1.54) is 29.0 Å². The fraction of sp³-hybridized carbons (Fsp3) is 0.0526. The summed E-state index contributed by atoms with van der Waals surface area (Å²) in [7, 11) is -3.90. The van der Waals surface area contributed by atoms with Gasteiger partial charge in [-0.2, -0.15) is 4.39 Å². The quantitative estimate of drug-likeness (QED) is 0.436. The molecule has 4 rings (SSSR count). The van der Waals surface area contributed by atoms with Gasteiger partial charge in [-0.25, -0.2) is 22.2 Å². The van der Waals surface area contributed by atoms with Crippen LogP contribution in [-0.4, -0.2) is 23.9 Å². The average Bonchev–Trinajstić information content (AvgIpc) is 3.46. The van der Waals surface area contributed by atoms with E-state index in [0.29, 0.717) is 16.9 Å². The van der Waals surface area contributed by atoms with Crippen LogP contribution in [-0.2, 0) is 16.4 Å². The molecular weight excluding hydrogens is 471 g/mol. The first kappa shape index (κ1) is 21.3. The van der Waals surface area contributed by atoms with Crippen LogP contribution in [0.15, 0.2) is 63.3 Å². The monoisotopic (exact) mass is 483 g/mol. The summed E-state index contributed by atoms with van der Waals surface area (Å²) in [6.07, 6.45) is 2.18. The number of thiazole rings is 1. The summed E-state index contributed by atoms with van der Waals surface area (Å²) >= 11 is 1.63. The highest BCUT2D eigenvalue weighted by Gasteiger charge is 2.25. The molecule has 1 amide bonds. The van der Waals surface area contributed by atoms with Crippen molar-refractivity contribution in [3.63, 3.8) is 0 Å². The molecule has 3 aromatic heterocycles. The number of carbonyl (C=O) groups excluding carboxylic acids is 1. The number of carbonyl (C=O) groups is 1. The van der Waals surface area contributed by atoms with Crippen molar-refractivity contribution in [1.82, 2.24) is 9.55 Å². The molecule has 160 valence electrons. The molecule has 0 radical (unpaired) electrons. The Morgan fingerprint density at radius 3 is 2.58 bits per heavy atom. The molecule has 3 heterocycles. The van der Waals surface area contributed by atoms with E-state index in [1.54, 1.807) is 11.4 Å². The summed E-state index contributed by atoms with van der Waals surface area (Å²) in [6.45, 7) is -0.105. The molecule has 0 saturated heterocycles. The lowest BCUT2D eigenvalue weighted by Gasteiger charge is -2.09. The molecule has 0 spiro atoms. The first-order valence-electron chi connectivity index (χ1n) is 8.59. The third-order valence-electron chi connectivity index (χ3n) is 4.21. The van der Waals surface area contributed by atoms with E-state index < -0.39 is 32.5 Å². The highest BCUT2D eigenvalue weighted by Crippen LogP contribution is 2.28. The van der Waals surface area contributed by atoms with Crippen LogP contribution in [0.4, 0.5) is 18.3 Å². The van der Waals surface area contributed by atoms with Gasteiger partial charge >= 0.3 is 0 Å². The number of nitrogens with one attached hydrogen (secondary N) is 1. The van der Waals surface area contributed by atoms with Crippen LogP contribution in [0.1, 0.15) is 16.1 Å². The number of thiophene rings is 1. The number of hydrogen-bond donors (Lipinski definition) is 1. The van der Waals surface area contributed by atoms with Crippen LogP contribution in [0.2, 0.25) is 0 Å². The van der Waals surface area contributed by atoms with Crippen molar-refractivity contribution in [2.45, 2.75) is 15.6 Å². The van der Waals surface area contributed by atoms with Gasteiger partial charge in [0.15, 0.2) is 21.9 Å². The Morgan fingerprint density at radius 1 is 1.13 bits per heavy atom. The lowest BCUT2D eigenvalue weighted by Crippen LogP contribution is -2.17. The van der Waals surface area contributed by atoms with E-state index in [0.717, 1.165) is 29.7 Å². The van der Waals surface area contributed by atoms with Crippen molar-refractivity contribution in [3.05, 3.63) is 82.2 Å². The zero-order valence-electron chi connectivity index (χ0n) is 15.4. The van der Waals surface area contributed by atoms with E-state index in [9.17, 15) is 26.4 Å². The SMILES string of the molecule is O=C(Nc1ncc(F)s1)c1cc(S(=O)(=O)c2cccs2)cn1Cc1ccc(F)c(F)c1. The summed E-state index contributed by atoms with van der Waals surface area (Å²) in [4.78, 5) is 16.3. The standard InChI is InChI=1S/C19H12F3N3O3S3/c20-13-4-3-11(6-14(13)21)9-25-10-12(31(27,28)17-2-1-5-29-17)7-15(25)18(26)24-19-23-8-16(22)30-19/h1-8,10H,9H2,(H,23,24,26). The molecule has 0 atom stereocenters. The fourth-order valence-corrected chi connectivity index (χ4v) is 5.76. The highest BCUT2D eigenvalue weighted by atomic mass is 32.2. The maximum Gasteiger partial charge on any atom is 0.274 e. The van der Waals surface area contributed by atoms with Gasteiger partial charge in [0.05, 0.1) is 11.1 Å². The fourth-order valence-electron chi connectivity index (χ4n) is 2.79. The maximum absolute atomic E-state index is 13.6. The zero-order chi connectivity index (χ0) is 22.2. The van der Waals surface area contributed by atoms with Gasteiger partial charge in [-0.3, -0.25) is 10.1 Å². The second-order valence-corrected chi connectivity index (χ2v) is 10.4. The Kier molecular flexibility index (Phi) is 5.69. The number of sulfone groups is 1. The van der Waals surface area contributed by atoms with E-state index in [4.69, 9.17) is 0 Å². The van der Waals surface area contributed by atoms with Crippen LogP contribution < -0.4 is 5.32 Å². The third-order valence-corrected chi connectivity index (χ3v) is 8.03. The van der Waals surface area contributed by atoms with Crippen LogP contribution in [0.5, 0.6) is 0 Å². The number of aromatic nitrogens is 2. The molecule has 0 aliphatic rings. The van der Waals surface area contributed by atoms with Crippen molar-refractivity contribution in [2.24, 2.45) is 0 Å². The molecule has 0 unspecified atom stereocenters. The Labute approximate surface area is 182 Å². The van der Waals surface area contributed by atoms with E-state index in [2.05, 4.69) is 10.3 Å². The average molecular weight is 484 g/mol. The minimum absolute atomic E-state index is 0.00857. The van der Waals surface area contributed by atoms with Crippen molar-refractivity contribution < 1.29 is 26.4 Å². The lowest BCUT2D eigenvalue weighted by molar-refractivity contribution is 0.101. The molecule has 6 nitrogen and oxygen atoms in total. The van der Waals surface area contributed by atoms with Gasteiger partial charge in [0.1, 0.15) is 9.90 Å². The first-order chi connectivity index (χ1) is 14.7. The van der Waals surface area contributed by atoms with Gasteiger partial charge in [0.25, 0.3) is 5.91 Å². The predicted molar refractivity (Wildman–Crippen MR) is 110 cm³/mol. The van der Waals surface area contributed by atoms with Crippen LogP contribution in [0, 0.1) is 16.8 Å². The van der Waals surface area contributed by atoms with Crippen molar-refractivity contribution in [2.75, 3.05) is 5.32 Å². The number of halogens is 3. The van der Waals surface area contributed by atoms with E-state index >= 15 is 0 Å². The van der Waals surface area contributed by atoms with Crippen molar-refractivity contribution in [3.8, 4) is 0 Å². The maximum atomic E-state index is 13.6. The van der Waals surface area contributed by atoms with Gasteiger partial charge in [-0.05, 0) is 35.2 Å². The van der Waals surface area contributed by atoms with Crippen LogP contribution in [0.25, 0.3) is 0 Å². The van der Waals surface area contributed by atoms with Gasteiger partial charge in [-0.15, -0.1) is 11.3 Å². The van der Waals surface area contributed by atoms with Crippen molar-refractivity contribution >= 4 is 43.5 Å². The van der Waals surface area contributed by atoms with Crippen LogP contribution in [0.3, 0.4) is 0 Å². The molecule has 1 N–H and O–H groups in total. The second kappa shape index (κ2) is 8.29. The van der Waals surface area contributed by atoms with Crippen molar-refractivity contribution in [1.29, 1.82) is 0 Å². The van der Waals surface area contributed by atoms with Gasteiger partial charge in [0.2, 0.25) is 9.84 Å². The molecule has 31 heavy (non-hydrogen) atoms. The molecular formula is C19H12F3N3O3S3. The smallest absolute Gasteiger partial charge is 0.274 e. The summed E-state index contributed by atoms with van der Waals surface area (Å²) in [5, 5.41) is 3.40. The Balaban J connectivity index is 1.74. The number of rotatable bonds is 6. The Hall–Kier alpha value is -2.96. The minimum Gasteiger partial charge on any atom is -0.338 e. The number of amides is 1. The third kappa shape index (κ3) is 4.40. The number of nitrogens with zero attached hydrogens (tertiary/aromatic N) is 2. The van der Waals surface area contributed by atoms with Gasteiger partial charge < -0.3 is 4.57 Å². The molecule has 1 aromatic carbocycles. The minimum atomic E-state index is -3.90. The Morgan fingerprint density at radius 2 is 1.94 bits per heavy atom. The van der Waals surface area contributed by atoms with Crippen LogP contribution >= 0.6 is 22.7 Å². The van der Waals surface area contributed by atoms with Gasteiger partial charge in [0, 0.05) is 12.7 Å². The molecule has 0 bridgehead atoms. The topological polar surface area (TPSA) is 81.1 Å². The summed E-state index contributed by atoms with van der Waals surface area (Å²) in [5.41, 5.74) is 0.236. The lowest BCUT2D eigenvalue weighted by atomic mass is 10.2. The molecule has 0 saturated carbocycles. The molecule has 12 heteroatoms. The summed E-state index contributed by atoms with van der Waals surface area (Å²) < 4.78 is 67.2. The summed E-state index contributed by atoms with van der Waals surface area (Å²) in [6, 6.07) is 7.42. The van der Waals surface area contributed by atoms with Gasteiger partial charge in [-0.1, -0.05) is 23.5 Å². The first-order valence-corrected chi connectivity index (χ1v) is 11.8. The normalized spacial score (nSPS) is 11.6. The predicted octanol–water partition coefficient (Wildman–Crippen LogP) is 4.56. The highest BCUT2D eigenvalue weighted by molar-refractivity contribution is 7.93. The largest absolute Gasteiger partial charge is 0.338 e. The molecule has 0 fully saturated rings. The molecule has 4 aromatic rings. The van der Waals surface area contributed by atoms with E-state index in [1.807, 2.05) is 0 Å². The Bertz CT molecular complexity index is 1360. The molecule has 0 aliphatic carbocycles. The number of anilines is 1. The number of benzene rings is 1. The summed E-state index contributed by atoms with van der Waals surface area (Å²) in [5.74, 6) is -2.83. The molecule has 0 aliphatic heterocycles.